The van der Waals surface area contributed by atoms with Crippen molar-refractivity contribution in [2.75, 3.05) is 24.7 Å². The molecular formula is C14H14BrN5. The molecule has 6 heteroatoms. The lowest BCUT2D eigenvalue weighted by Gasteiger charge is -2.12. The molecule has 0 aliphatic rings. The van der Waals surface area contributed by atoms with E-state index in [4.69, 9.17) is 5.73 Å². The van der Waals surface area contributed by atoms with Crippen LogP contribution in [0.4, 0.5) is 11.5 Å². The van der Waals surface area contributed by atoms with Crippen LogP contribution in [0.3, 0.4) is 0 Å². The zero-order valence-corrected chi connectivity index (χ0v) is 12.8. The first kappa shape index (κ1) is 12.9. The topological polar surface area (TPSA) is 59.5 Å². The molecule has 2 N–H and O–H groups in total. The zero-order valence-electron chi connectivity index (χ0n) is 11.2. The maximum atomic E-state index is 6.18. The van der Waals surface area contributed by atoms with E-state index in [9.17, 15) is 0 Å². The molecule has 0 saturated heterocycles. The molecule has 3 aromatic rings. The molecule has 0 radical (unpaired) electrons. The fraction of sp³-hybridized carbons (Fsp3) is 0.143. The molecule has 0 unspecified atom stereocenters. The van der Waals surface area contributed by atoms with Crippen molar-refractivity contribution in [2.45, 2.75) is 0 Å². The number of nitrogens with two attached hydrogens (primary N) is 1. The van der Waals surface area contributed by atoms with Gasteiger partial charge in [0.2, 0.25) is 0 Å². The monoisotopic (exact) mass is 331 g/mol. The molecule has 5 nitrogen and oxygen atoms in total. The van der Waals surface area contributed by atoms with Gasteiger partial charge < -0.3 is 10.6 Å². The third-order valence-corrected chi connectivity index (χ3v) is 3.58. The highest BCUT2D eigenvalue weighted by molar-refractivity contribution is 9.10. The molecule has 0 fully saturated rings. The summed E-state index contributed by atoms with van der Waals surface area (Å²) < 4.78 is 2.55. The molecular weight excluding hydrogens is 318 g/mol. The first-order valence-electron chi connectivity index (χ1n) is 6.13. The molecule has 0 bridgehead atoms. The van der Waals surface area contributed by atoms with Crippen molar-refractivity contribution in [3.8, 4) is 11.3 Å². The third kappa shape index (κ3) is 2.12. The Morgan fingerprint density at radius 2 is 1.90 bits per heavy atom. The van der Waals surface area contributed by atoms with Crippen LogP contribution < -0.4 is 10.6 Å². The maximum absolute atomic E-state index is 6.18. The number of anilines is 2. The van der Waals surface area contributed by atoms with Crippen LogP contribution in [0.5, 0.6) is 0 Å². The van der Waals surface area contributed by atoms with E-state index in [0.717, 1.165) is 27.2 Å². The number of fused-ring (bicyclic) bond motifs is 1. The number of benzene rings is 1. The standard InChI is InChI=1S/C14H14BrN5/c1-19(2)10-5-3-9(4-6-10)13-14(16)20-8-11(15)17-7-12(20)18-13/h3-8H,16H2,1-2H3. The Morgan fingerprint density at radius 1 is 1.20 bits per heavy atom. The van der Waals surface area contributed by atoms with E-state index in [1.54, 1.807) is 6.20 Å². The second-order valence-corrected chi connectivity index (χ2v) is 5.54. The quantitative estimate of drug-likeness (QED) is 0.784. The van der Waals surface area contributed by atoms with Gasteiger partial charge in [0, 0.05) is 31.5 Å². The fourth-order valence-corrected chi connectivity index (χ4v) is 2.39. The van der Waals surface area contributed by atoms with Crippen molar-refractivity contribution < 1.29 is 0 Å². The van der Waals surface area contributed by atoms with Gasteiger partial charge in [-0.3, -0.25) is 4.40 Å². The van der Waals surface area contributed by atoms with Gasteiger partial charge in [0.15, 0.2) is 5.65 Å². The predicted octanol–water partition coefficient (Wildman–Crippen LogP) is 2.81. The Hall–Kier alpha value is -2.08. The van der Waals surface area contributed by atoms with Crippen LogP contribution in [0.1, 0.15) is 0 Å². The first-order chi connectivity index (χ1) is 9.56. The summed E-state index contributed by atoms with van der Waals surface area (Å²) in [6, 6.07) is 8.14. The minimum Gasteiger partial charge on any atom is -0.383 e. The lowest BCUT2D eigenvalue weighted by molar-refractivity contribution is 1.11. The van der Waals surface area contributed by atoms with Crippen molar-refractivity contribution in [2.24, 2.45) is 0 Å². The molecule has 0 atom stereocenters. The fourth-order valence-electron chi connectivity index (χ4n) is 2.08. The predicted molar refractivity (Wildman–Crippen MR) is 84.9 cm³/mol. The summed E-state index contributed by atoms with van der Waals surface area (Å²) in [4.78, 5) is 10.8. The van der Waals surface area contributed by atoms with Gasteiger partial charge in [0.05, 0.1) is 6.20 Å². The molecule has 0 aliphatic heterocycles. The van der Waals surface area contributed by atoms with Crippen LogP contribution >= 0.6 is 15.9 Å². The summed E-state index contributed by atoms with van der Waals surface area (Å²) in [7, 11) is 4.02. The second-order valence-electron chi connectivity index (χ2n) is 4.73. The van der Waals surface area contributed by atoms with Gasteiger partial charge in [-0.15, -0.1) is 0 Å². The summed E-state index contributed by atoms with van der Waals surface area (Å²) in [5.41, 5.74) is 9.82. The molecule has 20 heavy (non-hydrogen) atoms. The molecule has 0 saturated carbocycles. The van der Waals surface area contributed by atoms with Crippen LogP contribution in [-0.4, -0.2) is 28.5 Å². The number of hydrogen-bond donors (Lipinski definition) is 1. The molecule has 3 rings (SSSR count). The maximum Gasteiger partial charge on any atom is 0.157 e. The van der Waals surface area contributed by atoms with Crippen LogP contribution in [0.25, 0.3) is 16.9 Å². The lowest BCUT2D eigenvalue weighted by Crippen LogP contribution is -2.07. The minimum atomic E-state index is 0.612. The van der Waals surface area contributed by atoms with E-state index >= 15 is 0 Å². The summed E-state index contributed by atoms with van der Waals surface area (Å²) in [5, 5.41) is 0. The zero-order chi connectivity index (χ0) is 14.3. The number of hydrogen-bond acceptors (Lipinski definition) is 4. The average Bonchev–Trinajstić information content (AvgIpc) is 2.76. The molecule has 1 aromatic carbocycles. The van der Waals surface area contributed by atoms with Crippen LogP contribution in [0.2, 0.25) is 0 Å². The summed E-state index contributed by atoms with van der Waals surface area (Å²) in [6.07, 6.45) is 3.51. The molecule has 102 valence electrons. The van der Waals surface area contributed by atoms with E-state index in [0.29, 0.717) is 5.82 Å². The third-order valence-electron chi connectivity index (χ3n) is 3.17. The first-order valence-corrected chi connectivity index (χ1v) is 6.92. The highest BCUT2D eigenvalue weighted by Crippen LogP contribution is 2.28. The number of nitrogens with zero attached hydrogens (tertiary/aromatic N) is 4. The molecule has 0 amide bonds. The Balaban J connectivity index is 2.12. The van der Waals surface area contributed by atoms with Gasteiger partial charge in [0.1, 0.15) is 16.1 Å². The highest BCUT2D eigenvalue weighted by atomic mass is 79.9. The van der Waals surface area contributed by atoms with Gasteiger partial charge in [-0.2, -0.15) is 0 Å². The van der Waals surface area contributed by atoms with Crippen molar-refractivity contribution in [3.05, 3.63) is 41.3 Å². The number of imidazole rings is 1. The molecule has 2 heterocycles. The Morgan fingerprint density at radius 3 is 2.55 bits per heavy atom. The normalized spacial score (nSPS) is 10.9. The minimum absolute atomic E-state index is 0.612. The van der Waals surface area contributed by atoms with Gasteiger partial charge in [-0.1, -0.05) is 12.1 Å². The Kier molecular flexibility index (Phi) is 3.10. The Bertz CT molecular complexity index is 761. The van der Waals surface area contributed by atoms with E-state index in [1.165, 1.54) is 0 Å². The number of halogens is 1. The highest BCUT2D eigenvalue weighted by Gasteiger charge is 2.12. The average molecular weight is 332 g/mol. The van der Waals surface area contributed by atoms with Crippen LogP contribution in [-0.2, 0) is 0 Å². The smallest absolute Gasteiger partial charge is 0.157 e. The van der Waals surface area contributed by atoms with Crippen molar-refractivity contribution >= 4 is 33.1 Å². The van der Waals surface area contributed by atoms with Gasteiger partial charge >= 0.3 is 0 Å². The molecule has 0 aliphatic carbocycles. The summed E-state index contributed by atoms with van der Waals surface area (Å²) in [6.45, 7) is 0. The summed E-state index contributed by atoms with van der Waals surface area (Å²) in [5.74, 6) is 0.612. The van der Waals surface area contributed by atoms with Crippen LogP contribution in [0, 0.1) is 0 Å². The second kappa shape index (κ2) is 4.79. The molecule has 2 aromatic heterocycles. The summed E-state index contributed by atoms with van der Waals surface area (Å²) >= 11 is 3.34. The van der Waals surface area contributed by atoms with E-state index < -0.39 is 0 Å². The van der Waals surface area contributed by atoms with E-state index in [1.807, 2.05) is 49.0 Å². The number of aromatic nitrogens is 3. The van der Waals surface area contributed by atoms with Crippen molar-refractivity contribution in [1.82, 2.24) is 14.4 Å². The molecule has 0 spiro atoms. The Labute approximate surface area is 125 Å². The van der Waals surface area contributed by atoms with Crippen molar-refractivity contribution in [3.63, 3.8) is 0 Å². The van der Waals surface area contributed by atoms with Gasteiger partial charge in [-0.25, -0.2) is 9.97 Å². The van der Waals surface area contributed by atoms with Gasteiger partial charge in [0.25, 0.3) is 0 Å². The van der Waals surface area contributed by atoms with Gasteiger partial charge in [-0.05, 0) is 28.1 Å². The van der Waals surface area contributed by atoms with Crippen molar-refractivity contribution in [1.29, 1.82) is 0 Å². The van der Waals surface area contributed by atoms with E-state index in [-0.39, 0.29) is 0 Å². The van der Waals surface area contributed by atoms with Crippen LogP contribution in [0.15, 0.2) is 41.3 Å². The lowest BCUT2D eigenvalue weighted by atomic mass is 10.1. The largest absolute Gasteiger partial charge is 0.383 e. The number of nitrogen functional groups attached to an aromatic ring is 1. The van der Waals surface area contributed by atoms with E-state index in [2.05, 4.69) is 30.8 Å². The number of rotatable bonds is 2. The SMILES string of the molecule is CN(C)c1ccc(-c2nc3cnc(Br)cn3c2N)cc1.